The molecule has 0 atom stereocenters. The quantitative estimate of drug-likeness (QED) is 0.237. The van der Waals surface area contributed by atoms with E-state index < -0.39 is 0 Å². The third-order valence-corrected chi connectivity index (χ3v) is 4.00. The second-order valence-corrected chi connectivity index (χ2v) is 5.95. The highest BCUT2D eigenvalue weighted by Gasteiger charge is 2.16. The van der Waals surface area contributed by atoms with E-state index in [9.17, 15) is 0 Å². The number of hydrogen-bond acceptors (Lipinski definition) is 3. The molecule has 1 aromatic rings. The summed E-state index contributed by atoms with van der Waals surface area (Å²) in [6, 6.07) is 10.2. The Morgan fingerprint density at radius 3 is 2.58 bits per heavy atom. The molecule has 1 aromatic carbocycles. The molecule has 5 nitrogen and oxygen atoms in total. The summed E-state index contributed by atoms with van der Waals surface area (Å²) in [5.74, 6) is 1.32. The molecule has 1 fully saturated rings. The number of nitrogens with one attached hydrogen (secondary N) is 1. The van der Waals surface area contributed by atoms with Gasteiger partial charge >= 0.3 is 0 Å². The van der Waals surface area contributed by atoms with E-state index in [0.717, 1.165) is 25.4 Å². The number of nitrogens with zero attached hydrogens (tertiary/aromatic N) is 1. The normalized spacial score (nSPS) is 14.8. The van der Waals surface area contributed by atoms with Crippen LogP contribution < -0.4 is 11.1 Å². The Bertz CT molecular complexity index is 453. The van der Waals surface area contributed by atoms with E-state index in [1.165, 1.54) is 24.8 Å². The first-order valence-corrected chi connectivity index (χ1v) is 8.58. The van der Waals surface area contributed by atoms with Crippen molar-refractivity contribution >= 4 is 29.9 Å². The fourth-order valence-electron chi connectivity index (χ4n) is 2.33. The van der Waals surface area contributed by atoms with E-state index in [0.29, 0.717) is 32.4 Å². The second kappa shape index (κ2) is 13.4. The molecule has 3 N–H and O–H groups in total. The van der Waals surface area contributed by atoms with Gasteiger partial charge < -0.3 is 20.5 Å². The minimum atomic E-state index is 0. The number of guanidine groups is 1. The predicted octanol–water partition coefficient (Wildman–Crippen LogP) is 2.93. The van der Waals surface area contributed by atoms with Crippen LogP contribution in [-0.2, 0) is 16.1 Å². The maximum absolute atomic E-state index is 5.81. The van der Waals surface area contributed by atoms with Crippen molar-refractivity contribution in [3.05, 3.63) is 35.9 Å². The maximum Gasteiger partial charge on any atom is 0.188 e. The average molecular weight is 447 g/mol. The lowest BCUT2D eigenvalue weighted by Crippen LogP contribution is -2.33. The SMILES string of the molecule is I.NC(=NCC1CCC1)NCCCOCCOCc1ccccc1. The number of halogens is 1. The van der Waals surface area contributed by atoms with Crippen molar-refractivity contribution in [3.63, 3.8) is 0 Å². The van der Waals surface area contributed by atoms with Gasteiger partial charge in [0.05, 0.1) is 19.8 Å². The lowest BCUT2D eigenvalue weighted by Gasteiger charge is -2.23. The third-order valence-electron chi connectivity index (χ3n) is 4.00. The van der Waals surface area contributed by atoms with Gasteiger partial charge in [-0.25, -0.2) is 0 Å². The zero-order valence-electron chi connectivity index (χ0n) is 14.3. The summed E-state index contributed by atoms with van der Waals surface area (Å²) in [6.45, 7) is 4.25. The number of aliphatic imine (C=N–C) groups is 1. The van der Waals surface area contributed by atoms with Gasteiger partial charge in [0.2, 0.25) is 0 Å². The monoisotopic (exact) mass is 447 g/mol. The van der Waals surface area contributed by atoms with Crippen molar-refractivity contribution in [1.82, 2.24) is 5.32 Å². The molecule has 0 spiro atoms. The van der Waals surface area contributed by atoms with Gasteiger partial charge in [0.25, 0.3) is 0 Å². The van der Waals surface area contributed by atoms with Crippen LogP contribution in [0, 0.1) is 5.92 Å². The zero-order chi connectivity index (χ0) is 16.2. The highest BCUT2D eigenvalue weighted by Crippen LogP contribution is 2.26. The van der Waals surface area contributed by atoms with Crippen LogP contribution in [0.1, 0.15) is 31.2 Å². The Morgan fingerprint density at radius 1 is 1.12 bits per heavy atom. The van der Waals surface area contributed by atoms with Crippen LogP contribution in [0.3, 0.4) is 0 Å². The molecular weight excluding hydrogens is 417 g/mol. The lowest BCUT2D eigenvalue weighted by molar-refractivity contribution is 0.0401. The molecule has 24 heavy (non-hydrogen) atoms. The van der Waals surface area contributed by atoms with Crippen molar-refractivity contribution in [2.24, 2.45) is 16.6 Å². The number of hydrogen-bond donors (Lipinski definition) is 2. The maximum atomic E-state index is 5.81. The van der Waals surface area contributed by atoms with E-state index in [1.54, 1.807) is 0 Å². The molecule has 2 rings (SSSR count). The summed E-state index contributed by atoms with van der Waals surface area (Å²) in [7, 11) is 0. The van der Waals surface area contributed by atoms with Crippen LogP contribution >= 0.6 is 24.0 Å². The molecule has 0 heterocycles. The zero-order valence-corrected chi connectivity index (χ0v) is 16.6. The highest BCUT2D eigenvalue weighted by atomic mass is 127. The fourth-order valence-corrected chi connectivity index (χ4v) is 2.33. The molecule has 0 saturated heterocycles. The molecule has 136 valence electrons. The summed E-state index contributed by atoms with van der Waals surface area (Å²) in [6.07, 6.45) is 4.87. The Morgan fingerprint density at radius 2 is 1.88 bits per heavy atom. The van der Waals surface area contributed by atoms with Gasteiger partial charge in [-0.05, 0) is 30.7 Å². The van der Waals surface area contributed by atoms with Crippen LogP contribution in [-0.4, -0.2) is 38.9 Å². The first-order chi connectivity index (χ1) is 11.3. The van der Waals surface area contributed by atoms with E-state index >= 15 is 0 Å². The summed E-state index contributed by atoms with van der Waals surface area (Å²) in [4.78, 5) is 4.36. The molecule has 0 aliphatic heterocycles. The van der Waals surface area contributed by atoms with Crippen LogP contribution in [0.5, 0.6) is 0 Å². The van der Waals surface area contributed by atoms with Crippen molar-refractivity contribution in [2.75, 3.05) is 32.9 Å². The van der Waals surface area contributed by atoms with Crippen molar-refractivity contribution < 1.29 is 9.47 Å². The van der Waals surface area contributed by atoms with Crippen LogP contribution in [0.2, 0.25) is 0 Å². The summed E-state index contributed by atoms with van der Waals surface area (Å²) in [5, 5.41) is 3.13. The molecule has 1 aliphatic rings. The van der Waals surface area contributed by atoms with Gasteiger partial charge in [0.15, 0.2) is 5.96 Å². The van der Waals surface area contributed by atoms with Crippen LogP contribution in [0.4, 0.5) is 0 Å². The smallest absolute Gasteiger partial charge is 0.188 e. The Hall–Kier alpha value is -0.860. The van der Waals surface area contributed by atoms with Gasteiger partial charge in [-0.2, -0.15) is 0 Å². The van der Waals surface area contributed by atoms with Crippen molar-refractivity contribution in [2.45, 2.75) is 32.3 Å². The fraction of sp³-hybridized carbons (Fsp3) is 0.611. The van der Waals surface area contributed by atoms with Gasteiger partial charge in [0, 0.05) is 19.7 Å². The standard InChI is InChI=1S/C18H29N3O2.HI/c19-18(21-14-16-8-4-9-16)20-10-5-11-22-12-13-23-15-17-6-2-1-3-7-17;/h1-3,6-7,16H,4-5,8-15H2,(H3,19,20,21);1H. The Labute approximate surface area is 162 Å². The first kappa shape index (κ1) is 21.2. The molecule has 1 aliphatic carbocycles. The molecule has 0 bridgehead atoms. The molecule has 0 amide bonds. The van der Waals surface area contributed by atoms with E-state index in [4.69, 9.17) is 15.2 Å². The minimum Gasteiger partial charge on any atom is -0.379 e. The number of ether oxygens (including phenoxy) is 2. The molecule has 1 saturated carbocycles. The number of nitrogens with two attached hydrogens (primary N) is 1. The Balaban J connectivity index is 0.00000288. The summed E-state index contributed by atoms with van der Waals surface area (Å²) >= 11 is 0. The lowest BCUT2D eigenvalue weighted by atomic mass is 9.86. The average Bonchev–Trinajstić information content (AvgIpc) is 2.53. The third kappa shape index (κ3) is 9.44. The second-order valence-electron chi connectivity index (χ2n) is 5.95. The van der Waals surface area contributed by atoms with Crippen LogP contribution in [0.15, 0.2) is 35.3 Å². The van der Waals surface area contributed by atoms with Gasteiger partial charge in [-0.1, -0.05) is 36.8 Å². The number of benzene rings is 1. The summed E-state index contributed by atoms with van der Waals surface area (Å²) in [5.41, 5.74) is 7.00. The number of rotatable bonds is 11. The van der Waals surface area contributed by atoms with Crippen LogP contribution in [0.25, 0.3) is 0 Å². The molecule has 0 aromatic heterocycles. The Kier molecular flexibility index (Phi) is 11.9. The van der Waals surface area contributed by atoms with Crippen molar-refractivity contribution in [1.29, 1.82) is 0 Å². The largest absolute Gasteiger partial charge is 0.379 e. The predicted molar refractivity (Wildman–Crippen MR) is 109 cm³/mol. The van der Waals surface area contributed by atoms with Gasteiger partial charge in [-0.15, -0.1) is 24.0 Å². The van der Waals surface area contributed by atoms with Crippen molar-refractivity contribution in [3.8, 4) is 0 Å². The molecular formula is C18H30IN3O2. The van der Waals surface area contributed by atoms with E-state index in [-0.39, 0.29) is 24.0 Å². The molecule has 6 heteroatoms. The minimum absolute atomic E-state index is 0. The van der Waals surface area contributed by atoms with E-state index in [2.05, 4.69) is 22.4 Å². The summed E-state index contributed by atoms with van der Waals surface area (Å²) < 4.78 is 11.1. The van der Waals surface area contributed by atoms with Gasteiger partial charge in [0.1, 0.15) is 0 Å². The highest BCUT2D eigenvalue weighted by molar-refractivity contribution is 14.0. The molecule has 0 unspecified atom stereocenters. The van der Waals surface area contributed by atoms with E-state index in [1.807, 2.05) is 18.2 Å². The first-order valence-electron chi connectivity index (χ1n) is 8.58. The topological polar surface area (TPSA) is 68.9 Å². The van der Waals surface area contributed by atoms with Gasteiger partial charge in [-0.3, -0.25) is 4.99 Å². The molecule has 0 radical (unpaired) electrons.